The minimum Gasteiger partial charge on any atom is -0.495 e. The molecule has 1 N–H and O–H groups in total. The minimum atomic E-state index is -3.70. The van der Waals surface area contributed by atoms with Crippen molar-refractivity contribution < 1.29 is 13.2 Å². The molecule has 0 atom stereocenters. The third-order valence-electron chi connectivity index (χ3n) is 2.34. The van der Waals surface area contributed by atoms with Gasteiger partial charge in [-0.15, -0.1) is 11.3 Å². The summed E-state index contributed by atoms with van der Waals surface area (Å²) in [7, 11) is -2.29. The molecule has 0 aliphatic heterocycles. The van der Waals surface area contributed by atoms with Crippen LogP contribution in [0, 0.1) is 0 Å². The van der Waals surface area contributed by atoms with Crippen molar-refractivity contribution >= 4 is 33.0 Å². The third-order valence-corrected chi connectivity index (χ3v) is 4.63. The molecule has 5 nitrogen and oxygen atoms in total. The highest BCUT2D eigenvalue weighted by atomic mass is 35.5. The lowest BCUT2D eigenvalue weighted by Gasteiger charge is -2.10. The molecule has 0 radical (unpaired) electrons. The van der Waals surface area contributed by atoms with Crippen molar-refractivity contribution in [3.05, 3.63) is 39.8 Å². The number of nitrogens with zero attached hydrogens (tertiary/aromatic N) is 1. The van der Waals surface area contributed by atoms with E-state index in [1.54, 1.807) is 17.0 Å². The van der Waals surface area contributed by atoms with Crippen molar-refractivity contribution in [3.63, 3.8) is 0 Å². The fourth-order valence-corrected chi connectivity index (χ4v) is 3.42. The molecule has 1 aromatic carbocycles. The molecule has 0 fully saturated rings. The summed E-state index contributed by atoms with van der Waals surface area (Å²) in [6.07, 6.45) is 0. The monoisotopic (exact) mass is 318 g/mol. The van der Waals surface area contributed by atoms with Gasteiger partial charge in [0, 0.05) is 10.4 Å². The van der Waals surface area contributed by atoms with Crippen LogP contribution in [0.2, 0.25) is 5.02 Å². The average Bonchev–Trinajstić information content (AvgIpc) is 2.89. The second kappa shape index (κ2) is 5.87. The highest BCUT2D eigenvalue weighted by Gasteiger charge is 2.19. The van der Waals surface area contributed by atoms with Crippen LogP contribution in [0.4, 0.5) is 0 Å². The van der Waals surface area contributed by atoms with Gasteiger partial charge >= 0.3 is 0 Å². The van der Waals surface area contributed by atoms with Crippen LogP contribution in [-0.4, -0.2) is 20.5 Å². The quantitative estimate of drug-likeness (QED) is 0.918. The zero-order valence-electron chi connectivity index (χ0n) is 9.96. The highest BCUT2D eigenvalue weighted by molar-refractivity contribution is 7.89. The number of methoxy groups -OCH3 is 1. The van der Waals surface area contributed by atoms with Gasteiger partial charge in [0.1, 0.15) is 10.6 Å². The zero-order valence-corrected chi connectivity index (χ0v) is 12.3. The molecule has 0 amide bonds. The molecule has 8 heteroatoms. The van der Waals surface area contributed by atoms with E-state index in [2.05, 4.69) is 9.71 Å². The molecular formula is C11H11ClN2O3S2. The standard InChI is InChI=1S/C11H11ClN2O3S2/c1-17-10-3-2-8(12)4-11(10)19(15,16)14-5-9-6-18-7-13-9/h2-4,6-7,14H,5H2,1H3. The van der Waals surface area contributed by atoms with Crippen molar-refractivity contribution in [2.45, 2.75) is 11.4 Å². The minimum absolute atomic E-state index is 0.0118. The summed E-state index contributed by atoms with van der Waals surface area (Å²) in [4.78, 5) is 4.02. The predicted octanol–water partition coefficient (Wildman–Crippen LogP) is 2.28. The Morgan fingerprint density at radius 2 is 2.26 bits per heavy atom. The lowest BCUT2D eigenvalue weighted by atomic mass is 10.3. The number of aromatic nitrogens is 1. The van der Waals surface area contributed by atoms with Crippen LogP contribution >= 0.6 is 22.9 Å². The third kappa shape index (κ3) is 3.44. The molecule has 0 saturated heterocycles. The number of rotatable bonds is 5. The smallest absolute Gasteiger partial charge is 0.244 e. The van der Waals surface area contributed by atoms with E-state index in [1.165, 1.54) is 30.6 Å². The molecule has 0 bridgehead atoms. The summed E-state index contributed by atoms with van der Waals surface area (Å²) in [5, 5.41) is 2.10. The first kappa shape index (κ1) is 14.3. The van der Waals surface area contributed by atoms with Gasteiger partial charge in [0.25, 0.3) is 0 Å². The Morgan fingerprint density at radius 1 is 1.47 bits per heavy atom. The van der Waals surface area contributed by atoms with E-state index >= 15 is 0 Å². The fraction of sp³-hybridized carbons (Fsp3) is 0.182. The van der Waals surface area contributed by atoms with Crippen molar-refractivity contribution in [1.82, 2.24) is 9.71 Å². The van der Waals surface area contributed by atoms with Crippen LogP contribution in [0.5, 0.6) is 5.75 Å². The predicted molar refractivity (Wildman–Crippen MR) is 74.1 cm³/mol. The highest BCUT2D eigenvalue weighted by Crippen LogP contribution is 2.26. The number of hydrogen-bond donors (Lipinski definition) is 1. The lowest BCUT2D eigenvalue weighted by Crippen LogP contribution is -2.23. The van der Waals surface area contributed by atoms with Crippen LogP contribution in [0.3, 0.4) is 0 Å². The average molecular weight is 319 g/mol. The van der Waals surface area contributed by atoms with Gasteiger partial charge in [-0.05, 0) is 18.2 Å². The van der Waals surface area contributed by atoms with E-state index in [1.807, 2.05) is 0 Å². The molecule has 2 aromatic rings. The topological polar surface area (TPSA) is 68.3 Å². The molecule has 0 unspecified atom stereocenters. The SMILES string of the molecule is COc1ccc(Cl)cc1S(=O)(=O)NCc1cscn1. The number of hydrogen-bond acceptors (Lipinski definition) is 5. The lowest BCUT2D eigenvalue weighted by molar-refractivity contribution is 0.402. The van der Waals surface area contributed by atoms with Gasteiger partial charge in [0.2, 0.25) is 10.0 Å². The van der Waals surface area contributed by atoms with Gasteiger partial charge in [-0.1, -0.05) is 11.6 Å². The maximum absolute atomic E-state index is 12.2. The first-order chi connectivity index (χ1) is 9.03. The van der Waals surface area contributed by atoms with Crippen molar-refractivity contribution in [2.24, 2.45) is 0 Å². The molecule has 0 spiro atoms. The first-order valence-electron chi connectivity index (χ1n) is 5.23. The number of sulfonamides is 1. The Morgan fingerprint density at radius 3 is 2.89 bits per heavy atom. The second-order valence-electron chi connectivity index (χ2n) is 3.60. The molecule has 2 rings (SSSR count). The molecule has 1 heterocycles. The number of thiazole rings is 1. The van der Waals surface area contributed by atoms with Gasteiger partial charge < -0.3 is 4.74 Å². The molecule has 0 aliphatic carbocycles. The molecule has 1 aromatic heterocycles. The number of nitrogens with one attached hydrogen (secondary N) is 1. The summed E-state index contributed by atoms with van der Waals surface area (Å²) in [6, 6.07) is 4.43. The summed E-state index contributed by atoms with van der Waals surface area (Å²) in [5.74, 6) is 0.246. The van der Waals surface area contributed by atoms with Crippen LogP contribution in [0.15, 0.2) is 34.0 Å². The molecular weight excluding hydrogens is 308 g/mol. The Hall–Kier alpha value is -1.15. The van der Waals surface area contributed by atoms with Crippen LogP contribution in [0.25, 0.3) is 0 Å². The van der Waals surface area contributed by atoms with E-state index in [0.29, 0.717) is 10.7 Å². The molecule has 102 valence electrons. The maximum atomic E-state index is 12.2. The van der Waals surface area contributed by atoms with Crippen LogP contribution in [0.1, 0.15) is 5.69 Å². The first-order valence-corrected chi connectivity index (χ1v) is 8.03. The second-order valence-corrected chi connectivity index (χ2v) is 6.49. The largest absolute Gasteiger partial charge is 0.495 e. The number of ether oxygens (including phenoxy) is 1. The fourth-order valence-electron chi connectivity index (χ4n) is 1.43. The summed E-state index contributed by atoms with van der Waals surface area (Å²) >= 11 is 7.23. The zero-order chi connectivity index (χ0) is 13.9. The van der Waals surface area contributed by atoms with E-state index < -0.39 is 10.0 Å². The Balaban J connectivity index is 2.26. The van der Waals surface area contributed by atoms with E-state index in [4.69, 9.17) is 16.3 Å². The normalized spacial score (nSPS) is 11.5. The molecule has 19 heavy (non-hydrogen) atoms. The molecule has 0 aliphatic rings. The van der Waals surface area contributed by atoms with Gasteiger partial charge in [0.05, 0.1) is 24.9 Å². The number of halogens is 1. The van der Waals surface area contributed by atoms with E-state index in [0.717, 1.165) is 0 Å². The summed E-state index contributed by atoms with van der Waals surface area (Å²) in [6.45, 7) is 0.126. The van der Waals surface area contributed by atoms with Crippen molar-refractivity contribution in [1.29, 1.82) is 0 Å². The van der Waals surface area contributed by atoms with Gasteiger partial charge in [0.15, 0.2) is 0 Å². The van der Waals surface area contributed by atoms with Crippen LogP contribution < -0.4 is 9.46 Å². The Kier molecular flexibility index (Phi) is 4.41. The van der Waals surface area contributed by atoms with Crippen molar-refractivity contribution in [2.75, 3.05) is 7.11 Å². The summed E-state index contributed by atoms with van der Waals surface area (Å²) < 4.78 is 31.9. The number of benzene rings is 1. The molecule has 0 saturated carbocycles. The van der Waals surface area contributed by atoms with E-state index in [-0.39, 0.29) is 17.2 Å². The van der Waals surface area contributed by atoms with E-state index in [9.17, 15) is 8.42 Å². The van der Waals surface area contributed by atoms with Gasteiger partial charge in [-0.2, -0.15) is 0 Å². The Labute approximate surface area is 120 Å². The van der Waals surface area contributed by atoms with Crippen molar-refractivity contribution in [3.8, 4) is 5.75 Å². The maximum Gasteiger partial charge on any atom is 0.244 e. The van der Waals surface area contributed by atoms with Crippen LogP contribution in [-0.2, 0) is 16.6 Å². The Bertz CT molecular complexity index is 657. The van der Waals surface area contributed by atoms with Gasteiger partial charge in [-0.3, -0.25) is 0 Å². The van der Waals surface area contributed by atoms with Gasteiger partial charge in [-0.25, -0.2) is 18.1 Å². The summed E-state index contributed by atoms with van der Waals surface area (Å²) in [5.41, 5.74) is 2.30.